The second-order valence-electron chi connectivity index (χ2n) is 5.40. The number of rotatable bonds is 2. The molecule has 23 heavy (non-hydrogen) atoms. The van der Waals surface area contributed by atoms with Gasteiger partial charge in [-0.15, -0.1) is 36.2 Å². The minimum Gasteiger partial charge on any atom is -0.459 e. The van der Waals surface area contributed by atoms with Crippen LogP contribution in [0.15, 0.2) is 16.5 Å². The summed E-state index contributed by atoms with van der Waals surface area (Å²) in [6.07, 6.45) is 0. The molecule has 5 nitrogen and oxygen atoms in total. The Labute approximate surface area is 152 Å². The van der Waals surface area contributed by atoms with Crippen LogP contribution in [0, 0.1) is 13.8 Å². The van der Waals surface area contributed by atoms with E-state index in [-0.39, 0.29) is 36.8 Å². The molecule has 0 spiro atoms. The first-order valence-corrected chi connectivity index (χ1v) is 7.94. The highest BCUT2D eigenvalue weighted by atomic mass is 35.5. The largest absolute Gasteiger partial charge is 0.459 e. The van der Waals surface area contributed by atoms with E-state index in [1.807, 2.05) is 30.9 Å². The van der Waals surface area contributed by atoms with Crippen LogP contribution in [0.1, 0.15) is 28.0 Å². The van der Waals surface area contributed by atoms with Crippen molar-refractivity contribution in [3.05, 3.63) is 28.5 Å². The smallest absolute Gasteiger partial charge is 0.266 e. The Morgan fingerprint density at radius 2 is 2.13 bits per heavy atom. The van der Waals surface area contributed by atoms with Gasteiger partial charge in [0.1, 0.15) is 10.6 Å². The van der Waals surface area contributed by atoms with Crippen LogP contribution in [0.4, 0.5) is 0 Å². The van der Waals surface area contributed by atoms with E-state index in [0.29, 0.717) is 4.88 Å². The van der Waals surface area contributed by atoms with Crippen LogP contribution >= 0.6 is 36.2 Å². The number of furan rings is 1. The van der Waals surface area contributed by atoms with Crippen molar-refractivity contribution in [2.75, 3.05) is 19.6 Å². The van der Waals surface area contributed by atoms with Crippen LogP contribution in [-0.2, 0) is 0 Å². The summed E-state index contributed by atoms with van der Waals surface area (Å²) in [6, 6.07) is 4.02. The van der Waals surface area contributed by atoms with Gasteiger partial charge in [0.05, 0.1) is 5.69 Å². The molecule has 1 aliphatic rings. The number of aryl methyl sites for hydroxylation is 2. The molecule has 2 aromatic heterocycles. The summed E-state index contributed by atoms with van der Waals surface area (Å²) in [6.45, 7) is 8.28. The van der Waals surface area contributed by atoms with E-state index >= 15 is 0 Å². The Bertz CT molecular complexity index is 671. The van der Waals surface area contributed by atoms with Crippen LogP contribution in [0.3, 0.4) is 0 Å². The molecule has 0 aliphatic carbocycles. The lowest BCUT2D eigenvalue weighted by Crippen LogP contribution is -2.52. The third-order valence-electron chi connectivity index (χ3n) is 3.70. The van der Waals surface area contributed by atoms with E-state index in [2.05, 4.69) is 17.2 Å². The lowest BCUT2D eigenvalue weighted by Gasteiger charge is -2.33. The molecular weight excluding hydrogens is 357 g/mol. The van der Waals surface area contributed by atoms with E-state index < -0.39 is 0 Å². The molecule has 1 saturated heterocycles. The normalized spacial score (nSPS) is 17.3. The third-order valence-corrected chi connectivity index (χ3v) is 4.86. The van der Waals surface area contributed by atoms with Crippen molar-refractivity contribution in [1.82, 2.24) is 15.2 Å². The maximum Gasteiger partial charge on any atom is 0.266 e. The summed E-state index contributed by atoms with van der Waals surface area (Å²) in [4.78, 5) is 19.9. The number of carbonyl (C=O) groups excluding carboxylic acids is 1. The number of piperazine rings is 1. The van der Waals surface area contributed by atoms with E-state index in [1.165, 1.54) is 11.3 Å². The first-order chi connectivity index (χ1) is 10.1. The number of hydrogen-bond acceptors (Lipinski definition) is 5. The Morgan fingerprint density at radius 3 is 2.74 bits per heavy atom. The second-order valence-corrected chi connectivity index (χ2v) is 6.39. The first kappa shape index (κ1) is 20.0. The Balaban J connectivity index is 0.00000132. The predicted molar refractivity (Wildman–Crippen MR) is 97.2 cm³/mol. The minimum atomic E-state index is 0. The summed E-state index contributed by atoms with van der Waals surface area (Å²) in [7, 11) is 0. The van der Waals surface area contributed by atoms with Crippen molar-refractivity contribution in [2.45, 2.75) is 26.8 Å². The van der Waals surface area contributed by atoms with Gasteiger partial charge in [0, 0.05) is 25.7 Å². The molecule has 1 amide bonds. The molecule has 1 fully saturated rings. The molecule has 1 aliphatic heterocycles. The van der Waals surface area contributed by atoms with E-state index in [1.54, 1.807) is 0 Å². The molecule has 0 saturated carbocycles. The van der Waals surface area contributed by atoms with E-state index in [0.717, 1.165) is 41.9 Å². The molecule has 3 rings (SSSR count). The van der Waals surface area contributed by atoms with Gasteiger partial charge in [-0.25, -0.2) is 4.98 Å². The van der Waals surface area contributed by atoms with E-state index in [4.69, 9.17) is 4.42 Å². The molecule has 8 heteroatoms. The molecule has 0 aromatic carbocycles. The number of halogens is 2. The summed E-state index contributed by atoms with van der Waals surface area (Å²) in [5, 5.41) is 4.07. The fourth-order valence-corrected chi connectivity index (χ4v) is 3.51. The van der Waals surface area contributed by atoms with E-state index in [9.17, 15) is 4.79 Å². The van der Waals surface area contributed by atoms with Crippen molar-refractivity contribution < 1.29 is 9.21 Å². The molecule has 3 heterocycles. The highest BCUT2D eigenvalue weighted by Crippen LogP contribution is 2.30. The summed E-state index contributed by atoms with van der Waals surface area (Å²) in [5.41, 5.74) is 0.778. The number of hydrogen-bond donors (Lipinski definition) is 1. The minimum absolute atomic E-state index is 0. The fraction of sp³-hybridized carbons (Fsp3) is 0.467. The lowest BCUT2D eigenvalue weighted by atomic mass is 10.2. The average Bonchev–Trinajstić information content (AvgIpc) is 3.05. The number of amides is 1. The van der Waals surface area contributed by atoms with Crippen LogP contribution in [0.2, 0.25) is 0 Å². The topological polar surface area (TPSA) is 58.4 Å². The van der Waals surface area contributed by atoms with Gasteiger partial charge < -0.3 is 14.6 Å². The zero-order valence-corrected chi connectivity index (χ0v) is 15.7. The maximum atomic E-state index is 12.7. The highest BCUT2D eigenvalue weighted by Gasteiger charge is 2.27. The zero-order chi connectivity index (χ0) is 15.0. The summed E-state index contributed by atoms with van der Waals surface area (Å²) >= 11 is 1.41. The molecule has 0 unspecified atom stereocenters. The molecule has 0 radical (unpaired) electrons. The molecule has 1 atom stereocenters. The van der Waals surface area contributed by atoms with Crippen molar-refractivity contribution in [2.24, 2.45) is 0 Å². The second kappa shape index (κ2) is 8.15. The SMILES string of the molecule is Cc1ccc(-c2nc(C)c(C(=O)N3CCNC[C@@H]3C)s2)o1.Cl.Cl. The number of nitrogens with zero attached hydrogens (tertiary/aromatic N) is 2. The van der Waals surface area contributed by atoms with Crippen molar-refractivity contribution in [3.8, 4) is 10.8 Å². The van der Waals surface area contributed by atoms with Crippen LogP contribution in [0.25, 0.3) is 10.8 Å². The van der Waals surface area contributed by atoms with Gasteiger partial charge in [0.25, 0.3) is 5.91 Å². The maximum absolute atomic E-state index is 12.7. The van der Waals surface area contributed by atoms with Crippen molar-refractivity contribution >= 4 is 42.1 Å². The quantitative estimate of drug-likeness (QED) is 0.871. The highest BCUT2D eigenvalue weighted by molar-refractivity contribution is 7.17. The number of nitrogens with one attached hydrogen (secondary N) is 1. The first-order valence-electron chi connectivity index (χ1n) is 7.12. The molecule has 1 N–H and O–H groups in total. The Morgan fingerprint density at radius 1 is 1.39 bits per heavy atom. The Hall–Kier alpha value is -1.08. The molecule has 0 bridgehead atoms. The summed E-state index contributed by atoms with van der Waals surface area (Å²) in [5.74, 6) is 1.66. The average molecular weight is 378 g/mol. The monoisotopic (exact) mass is 377 g/mol. The van der Waals surface area contributed by atoms with Crippen molar-refractivity contribution in [1.29, 1.82) is 0 Å². The van der Waals surface area contributed by atoms with Gasteiger partial charge >= 0.3 is 0 Å². The predicted octanol–water partition coefficient (Wildman–Crippen LogP) is 3.30. The number of aromatic nitrogens is 1. The molecule has 2 aromatic rings. The van der Waals surface area contributed by atoms with Crippen LogP contribution in [-0.4, -0.2) is 41.5 Å². The molecular formula is C15H21Cl2N3O2S. The van der Waals surface area contributed by atoms with Gasteiger partial charge in [-0.05, 0) is 32.9 Å². The van der Waals surface area contributed by atoms with Gasteiger partial charge in [-0.3, -0.25) is 4.79 Å². The van der Waals surface area contributed by atoms with Gasteiger partial charge in [0.15, 0.2) is 10.8 Å². The van der Waals surface area contributed by atoms with Crippen LogP contribution in [0.5, 0.6) is 0 Å². The lowest BCUT2D eigenvalue weighted by molar-refractivity contribution is 0.0660. The fourth-order valence-electron chi connectivity index (χ4n) is 2.52. The van der Waals surface area contributed by atoms with Crippen LogP contribution < -0.4 is 5.32 Å². The van der Waals surface area contributed by atoms with Gasteiger partial charge in [-0.1, -0.05) is 0 Å². The number of thiazole rings is 1. The third kappa shape index (κ3) is 4.07. The van der Waals surface area contributed by atoms with Crippen molar-refractivity contribution in [3.63, 3.8) is 0 Å². The summed E-state index contributed by atoms with van der Waals surface area (Å²) < 4.78 is 5.60. The van der Waals surface area contributed by atoms with Gasteiger partial charge in [0.2, 0.25) is 0 Å². The van der Waals surface area contributed by atoms with Gasteiger partial charge in [-0.2, -0.15) is 0 Å². The Kier molecular flexibility index (Phi) is 7.07. The molecule has 128 valence electrons. The zero-order valence-electron chi connectivity index (χ0n) is 13.3. The standard InChI is InChI=1S/C15H19N3O2S.2ClH/c1-9-8-16-6-7-18(9)15(19)13-11(3)17-14(21-13)12-5-4-10(2)20-12;;/h4-5,9,16H,6-8H2,1-3H3;2*1H/t9-;;/m0../s1. The number of carbonyl (C=O) groups is 1.